The highest BCUT2D eigenvalue weighted by Crippen LogP contribution is 2.26. The Morgan fingerprint density at radius 2 is 1.75 bits per heavy atom. The number of nitro benzene ring substituents is 1. The first-order valence-electron chi connectivity index (χ1n) is 7.54. The van der Waals surface area contributed by atoms with E-state index in [1.54, 1.807) is 20.8 Å². The summed E-state index contributed by atoms with van der Waals surface area (Å²) in [6.07, 6.45) is 0. The highest BCUT2D eigenvalue weighted by Gasteiger charge is 2.29. The molecule has 0 saturated carbocycles. The van der Waals surface area contributed by atoms with E-state index in [0.717, 1.165) is 11.6 Å². The maximum atomic E-state index is 13.0. The summed E-state index contributed by atoms with van der Waals surface area (Å²) >= 11 is 0. The molecule has 7 heteroatoms. The van der Waals surface area contributed by atoms with Crippen LogP contribution in [0.1, 0.15) is 25.0 Å². The summed E-state index contributed by atoms with van der Waals surface area (Å²) in [6.45, 7) is 5.35. The van der Waals surface area contributed by atoms with Crippen LogP contribution in [0, 0.1) is 17.0 Å². The number of rotatable bonds is 6. The van der Waals surface area contributed by atoms with Crippen molar-refractivity contribution in [1.82, 2.24) is 4.31 Å². The third kappa shape index (κ3) is 3.80. The maximum absolute atomic E-state index is 13.0. The van der Waals surface area contributed by atoms with Gasteiger partial charge >= 0.3 is 0 Å². The number of benzene rings is 2. The smallest absolute Gasteiger partial charge is 0.258 e. The zero-order chi connectivity index (χ0) is 17.9. The molecule has 0 amide bonds. The molecule has 128 valence electrons. The van der Waals surface area contributed by atoms with E-state index in [0.29, 0.717) is 5.56 Å². The molecule has 2 rings (SSSR count). The maximum Gasteiger partial charge on any atom is 0.273 e. The van der Waals surface area contributed by atoms with E-state index >= 15 is 0 Å². The zero-order valence-electron chi connectivity index (χ0n) is 13.8. The van der Waals surface area contributed by atoms with E-state index in [9.17, 15) is 18.5 Å². The minimum Gasteiger partial charge on any atom is -0.258 e. The van der Waals surface area contributed by atoms with Gasteiger partial charge in [-0.3, -0.25) is 10.1 Å². The van der Waals surface area contributed by atoms with E-state index in [1.165, 1.54) is 16.4 Å². The Morgan fingerprint density at radius 3 is 2.29 bits per heavy atom. The molecular weight excluding hydrogens is 328 g/mol. The van der Waals surface area contributed by atoms with Gasteiger partial charge in [-0.05, 0) is 32.4 Å². The lowest BCUT2D eigenvalue weighted by molar-refractivity contribution is -0.385. The molecule has 0 saturated heterocycles. The first-order chi connectivity index (χ1) is 11.2. The second-order valence-electron chi connectivity index (χ2n) is 5.84. The van der Waals surface area contributed by atoms with Gasteiger partial charge in [-0.2, -0.15) is 4.31 Å². The van der Waals surface area contributed by atoms with Gasteiger partial charge < -0.3 is 0 Å². The summed E-state index contributed by atoms with van der Waals surface area (Å²) < 4.78 is 27.3. The van der Waals surface area contributed by atoms with Gasteiger partial charge in [0.15, 0.2) is 0 Å². The standard InChI is InChI=1S/C17H20N2O4S/c1-13(2)18(12-15-7-5-4-6-8-15)24(22,23)16-10-9-14(3)17(11-16)19(20)21/h4-11,13H,12H2,1-3H3. The summed E-state index contributed by atoms with van der Waals surface area (Å²) in [5, 5.41) is 11.1. The van der Waals surface area contributed by atoms with Crippen LogP contribution in [0.2, 0.25) is 0 Å². The van der Waals surface area contributed by atoms with E-state index < -0.39 is 14.9 Å². The molecule has 0 spiro atoms. The second kappa shape index (κ2) is 7.11. The van der Waals surface area contributed by atoms with Crippen molar-refractivity contribution < 1.29 is 13.3 Å². The number of nitrogens with zero attached hydrogens (tertiary/aromatic N) is 2. The number of hydrogen-bond acceptors (Lipinski definition) is 4. The highest BCUT2D eigenvalue weighted by atomic mass is 32.2. The van der Waals surface area contributed by atoms with Crippen molar-refractivity contribution in [1.29, 1.82) is 0 Å². The van der Waals surface area contributed by atoms with Crippen molar-refractivity contribution in [3.63, 3.8) is 0 Å². The number of nitro groups is 1. The van der Waals surface area contributed by atoms with Crippen molar-refractivity contribution in [2.45, 2.75) is 38.3 Å². The van der Waals surface area contributed by atoms with E-state index in [2.05, 4.69) is 0 Å². The highest BCUT2D eigenvalue weighted by molar-refractivity contribution is 7.89. The molecule has 0 aliphatic carbocycles. The minimum absolute atomic E-state index is 0.0653. The number of sulfonamides is 1. The second-order valence-corrected chi connectivity index (χ2v) is 7.73. The molecule has 24 heavy (non-hydrogen) atoms. The molecule has 0 aliphatic rings. The Hall–Kier alpha value is -2.25. The first-order valence-corrected chi connectivity index (χ1v) is 8.98. The lowest BCUT2D eigenvalue weighted by Crippen LogP contribution is -2.36. The molecule has 0 radical (unpaired) electrons. The molecule has 0 aromatic heterocycles. The van der Waals surface area contributed by atoms with Crippen LogP contribution in [0.25, 0.3) is 0 Å². The van der Waals surface area contributed by atoms with Gasteiger partial charge in [0.2, 0.25) is 10.0 Å². The Balaban J connectivity index is 2.45. The summed E-state index contributed by atoms with van der Waals surface area (Å²) in [4.78, 5) is 10.5. The van der Waals surface area contributed by atoms with Gasteiger partial charge in [-0.1, -0.05) is 36.4 Å². The van der Waals surface area contributed by atoms with Crippen molar-refractivity contribution in [2.24, 2.45) is 0 Å². The average Bonchev–Trinajstić information content (AvgIpc) is 2.53. The van der Waals surface area contributed by atoms with Crippen LogP contribution in [-0.4, -0.2) is 23.7 Å². The number of hydrogen-bond donors (Lipinski definition) is 0. The van der Waals surface area contributed by atoms with Crippen molar-refractivity contribution >= 4 is 15.7 Å². The van der Waals surface area contributed by atoms with Crippen LogP contribution in [0.15, 0.2) is 53.4 Å². The topological polar surface area (TPSA) is 80.5 Å². The fourth-order valence-corrected chi connectivity index (χ4v) is 4.04. The largest absolute Gasteiger partial charge is 0.273 e. The fourth-order valence-electron chi connectivity index (χ4n) is 2.39. The molecular formula is C17H20N2O4S. The van der Waals surface area contributed by atoms with Gasteiger partial charge in [-0.25, -0.2) is 8.42 Å². The van der Waals surface area contributed by atoms with Gasteiger partial charge in [-0.15, -0.1) is 0 Å². The monoisotopic (exact) mass is 348 g/mol. The summed E-state index contributed by atoms with van der Waals surface area (Å²) in [7, 11) is -3.84. The zero-order valence-corrected chi connectivity index (χ0v) is 14.7. The van der Waals surface area contributed by atoms with Crippen LogP contribution in [0.5, 0.6) is 0 Å². The Kier molecular flexibility index (Phi) is 5.36. The molecule has 6 nitrogen and oxygen atoms in total. The molecule has 2 aromatic carbocycles. The van der Waals surface area contributed by atoms with E-state index in [4.69, 9.17) is 0 Å². The Bertz CT molecular complexity index is 833. The lowest BCUT2D eigenvalue weighted by atomic mass is 10.2. The molecule has 0 fully saturated rings. The SMILES string of the molecule is Cc1ccc(S(=O)(=O)N(Cc2ccccc2)C(C)C)cc1[N+](=O)[O-]. The Morgan fingerprint density at radius 1 is 1.12 bits per heavy atom. The van der Waals surface area contributed by atoms with Gasteiger partial charge in [0.1, 0.15) is 0 Å². The normalized spacial score (nSPS) is 11.9. The summed E-state index contributed by atoms with van der Waals surface area (Å²) in [5.74, 6) is 0. The average molecular weight is 348 g/mol. The van der Waals surface area contributed by atoms with Gasteiger partial charge in [0, 0.05) is 24.2 Å². The lowest BCUT2D eigenvalue weighted by Gasteiger charge is -2.26. The Labute approximate surface area is 141 Å². The summed E-state index contributed by atoms with van der Waals surface area (Å²) in [5.41, 5.74) is 1.09. The predicted molar refractivity (Wildman–Crippen MR) is 92.1 cm³/mol. The van der Waals surface area contributed by atoms with Crippen molar-refractivity contribution in [3.05, 3.63) is 69.8 Å². The van der Waals surface area contributed by atoms with Crippen LogP contribution < -0.4 is 0 Å². The molecule has 0 bridgehead atoms. The molecule has 0 N–H and O–H groups in total. The van der Waals surface area contributed by atoms with Gasteiger partial charge in [0.25, 0.3) is 5.69 Å². The molecule has 2 aromatic rings. The van der Waals surface area contributed by atoms with Crippen molar-refractivity contribution in [2.75, 3.05) is 0 Å². The first kappa shape index (κ1) is 18.1. The van der Waals surface area contributed by atoms with E-state index in [1.807, 2.05) is 30.3 Å². The molecule has 0 unspecified atom stereocenters. The quantitative estimate of drug-likeness (QED) is 0.591. The van der Waals surface area contributed by atoms with Crippen LogP contribution in [0.3, 0.4) is 0 Å². The summed E-state index contributed by atoms with van der Waals surface area (Å²) in [6, 6.07) is 13.0. The predicted octanol–water partition coefficient (Wildman–Crippen LogP) is 3.50. The molecule has 0 heterocycles. The van der Waals surface area contributed by atoms with Crippen LogP contribution >= 0.6 is 0 Å². The van der Waals surface area contributed by atoms with Gasteiger partial charge in [0.05, 0.1) is 9.82 Å². The van der Waals surface area contributed by atoms with Crippen LogP contribution in [0.4, 0.5) is 5.69 Å². The fraction of sp³-hybridized carbons (Fsp3) is 0.294. The molecule has 0 atom stereocenters. The minimum atomic E-state index is -3.84. The van der Waals surface area contributed by atoms with Crippen LogP contribution in [-0.2, 0) is 16.6 Å². The third-order valence-electron chi connectivity index (χ3n) is 3.74. The van der Waals surface area contributed by atoms with Crippen molar-refractivity contribution in [3.8, 4) is 0 Å². The third-order valence-corrected chi connectivity index (χ3v) is 5.76. The molecule has 0 aliphatic heterocycles. The number of aryl methyl sites for hydroxylation is 1. The van der Waals surface area contributed by atoms with E-state index in [-0.39, 0.29) is 23.2 Å².